The second-order valence-corrected chi connectivity index (χ2v) is 10.5. The molecule has 0 bridgehead atoms. The summed E-state index contributed by atoms with van der Waals surface area (Å²) in [5, 5.41) is 0. The van der Waals surface area contributed by atoms with Gasteiger partial charge in [-0.2, -0.15) is 0 Å². The zero-order valence-electron chi connectivity index (χ0n) is 20.6. The highest BCUT2D eigenvalue weighted by Gasteiger charge is 2.35. The van der Waals surface area contributed by atoms with Crippen LogP contribution in [-0.2, 0) is 24.3 Å². The Labute approximate surface area is 206 Å². The molecule has 1 saturated carbocycles. The fourth-order valence-electron chi connectivity index (χ4n) is 6.31. The minimum atomic E-state index is -0.0360. The number of furan rings is 1. The molecule has 1 atom stereocenters. The van der Waals surface area contributed by atoms with Crippen molar-refractivity contribution >= 4 is 22.9 Å². The minimum absolute atomic E-state index is 0.0360. The number of piperidine rings is 1. The van der Waals surface area contributed by atoms with Crippen LogP contribution in [0.2, 0.25) is 0 Å². The van der Waals surface area contributed by atoms with Crippen LogP contribution in [0, 0.1) is 5.92 Å². The van der Waals surface area contributed by atoms with E-state index in [1.165, 1.54) is 38.5 Å². The fraction of sp³-hybridized carbons (Fsp3) is 0.630. The lowest BCUT2D eigenvalue weighted by Crippen LogP contribution is -2.48. The summed E-state index contributed by atoms with van der Waals surface area (Å²) in [6.07, 6.45) is 15.7. The van der Waals surface area contributed by atoms with Crippen molar-refractivity contribution in [3.63, 3.8) is 0 Å². The molecule has 1 amide bonds. The molecule has 2 aliphatic heterocycles. The topological polar surface area (TPSA) is 80.3 Å². The Hall–Kier alpha value is -2.90. The van der Waals surface area contributed by atoms with E-state index >= 15 is 0 Å². The van der Waals surface area contributed by atoms with Gasteiger partial charge in [-0.1, -0.05) is 25.7 Å². The van der Waals surface area contributed by atoms with Crippen molar-refractivity contribution in [1.82, 2.24) is 24.4 Å². The predicted octanol–water partition coefficient (Wildman–Crippen LogP) is 4.72. The lowest BCUT2D eigenvalue weighted by atomic mass is 9.91. The first-order chi connectivity index (χ1) is 17.3. The summed E-state index contributed by atoms with van der Waals surface area (Å²) in [4.78, 5) is 32.7. The number of imidazole rings is 1. The molecule has 3 aromatic rings. The quantitative estimate of drug-likeness (QED) is 0.530. The van der Waals surface area contributed by atoms with Crippen LogP contribution in [0.1, 0.15) is 75.8 Å². The van der Waals surface area contributed by atoms with Gasteiger partial charge in [0.15, 0.2) is 17.0 Å². The highest BCUT2D eigenvalue weighted by atomic mass is 16.3. The smallest absolute Gasteiger partial charge is 0.228 e. The summed E-state index contributed by atoms with van der Waals surface area (Å²) in [5.41, 5.74) is 1.85. The largest absolute Gasteiger partial charge is 0.467 e. The fourth-order valence-corrected chi connectivity index (χ4v) is 6.31. The molecule has 8 nitrogen and oxygen atoms in total. The van der Waals surface area contributed by atoms with Crippen LogP contribution in [-0.4, -0.2) is 49.5 Å². The maximum atomic E-state index is 14.0. The van der Waals surface area contributed by atoms with Crippen molar-refractivity contribution in [2.24, 2.45) is 5.92 Å². The molecule has 6 rings (SSSR count). The van der Waals surface area contributed by atoms with Gasteiger partial charge >= 0.3 is 0 Å². The van der Waals surface area contributed by atoms with Crippen molar-refractivity contribution in [2.75, 3.05) is 18.0 Å². The molecular weight excluding hydrogens is 440 g/mol. The van der Waals surface area contributed by atoms with Crippen LogP contribution in [0.25, 0.3) is 11.2 Å². The van der Waals surface area contributed by atoms with E-state index in [4.69, 9.17) is 9.40 Å². The van der Waals surface area contributed by atoms with Crippen molar-refractivity contribution in [3.8, 4) is 0 Å². The zero-order chi connectivity index (χ0) is 23.6. The summed E-state index contributed by atoms with van der Waals surface area (Å²) in [6, 6.07) is 4.20. The average molecular weight is 477 g/mol. The number of hydrogen-bond donors (Lipinski definition) is 0. The molecule has 8 heteroatoms. The van der Waals surface area contributed by atoms with Gasteiger partial charge in [-0.15, -0.1) is 0 Å². The van der Waals surface area contributed by atoms with E-state index in [1.807, 2.05) is 12.1 Å². The van der Waals surface area contributed by atoms with Crippen LogP contribution in [0.4, 0.5) is 5.82 Å². The maximum Gasteiger partial charge on any atom is 0.228 e. The lowest BCUT2D eigenvalue weighted by Gasteiger charge is -2.39. The summed E-state index contributed by atoms with van der Waals surface area (Å²) in [7, 11) is 0. The second-order valence-electron chi connectivity index (χ2n) is 10.5. The Kier molecular flexibility index (Phi) is 6.44. The molecule has 0 spiro atoms. The number of carbonyl (C=O) groups excluding carboxylic acids is 1. The Balaban J connectivity index is 1.25. The number of aryl methyl sites for hydroxylation is 2. The Morgan fingerprint density at radius 1 is 1.03 bits per heavy atom. The molecule has 0 radical (unpaired) electrons. The van der Waals surface area contributed by atoms with Crippen LogP contribution < -0.4 is 4.90 Å². The van der Waals surface area contributed by atoms with Crippen LogP contribution >= 0.6 is 0 Å². The van der Waals surface area contributed by atoms with Crippen molar-refractivity contribution in [2.45, 2.75) is 89.8 Å². The maximum absolute atomic E-state index is 14.0. The van der Waals surface area contributed by atoms with Gasteiger partial charge in [0, 0.05) is 32.1 Å². The number of aromatic nitrogens is 4. The van der Waals surface area contributed by atoms with Gasteiger partial charge in [-0.3, -0.25) is 4.79 Å². The molecule has 186 valence electrons. The van der Waals surface area contributed by atoms with E-state index in [0.717, 1.165) is 73.8 Å². The zero-order valence-corrected chi connectivity index (χ0v) is 20.6. The molecular formula is C27H36N6O2. The summed E-state index contributed by atoms with van der Waals surface area (Å²) >= 11 is 0. The molecule has 0 unspecified atom stereocenters. The second kappa shape index (κ2) is 9.99. The number of rotatable bonds is 5. The molecule has 1 aliphatic carbocycles. The van der Waals surface area contributed by atoms with E-state index in [9.17, 15) is 4.79 Å². The Morgan fingerprint density at radius 3 is 2.77 bits per heavy atom. The van der Waals surface area contributed by atoms with Crippen molar-refractivity contribution in [1.29, 1.82) is 0 Å². The van der Waals surface area contributed by atoms with Gasteiger partial charge in [0.25, 0.3) is 0 Å². The van der Waals surface area contributed by atoms with E-state index in [1.54, 1.807) is 12.6 Å². The number of nitrogens with zero attached hydrogens (tertiary/aromatic N) is 6. The third-order valence-corrected chi connectivity index (χ3v) is 8.15. The van der Waals surface area contributed by atoms with E-state index in [-0.39, 0.29) is 11.8 Å². The number of anilines is 1. The first-order valence-corrected chi connectivity index (χ1v) is 13.6. The Morgan fingerprint density at radius 2 is 1.91 bits per heavy atom. The molecule has 35 heavy (non-hydrogen) atoms. The number of fused-ring (bicyclic) bond motifs is 3. The number of hydrogen-bond acceptors (Lipinski definition) is 6. The summed E-state index contributed by atoms with van der Waals surface area (Å²) in [6.45, 7) is 3.14. The van der Waals surface area contributed by atoms with Crippen molar-refractivity contribution in [3.05, 3.63) is 36.3 Å². The van der Waals surface area contributed by atoms with Crippen LogP contribution in [0.5, 0.6) is 0 Å². The normalized spacial score (nSPS) is 21.6. The monoisotopic (exact) mass is 476 g/mol. The molecule has 3 aliphatic rings. The standard InChI is InChI=1S/C27H36N6O2/c34-27(33(18-22-12-8-16-35-22)21-10-3-1-4-11-21)20-9-7-14-31(17-20)25-24-26(29-19-28-25)32-15-6-2-5-13-23(32)30-24/h8,12,16,19-21H,1-7,9-11,13-15,17-18H2/t20-/m1/s1. The summed E-state index contributed by atoms with van der Waals surface area (Å²) in [5.74, 6) is 3.12. The minimum Gasteiger partial charge on any atom is -0.467 e. The van der Waals surface area contributed by atoms with E-state index in [2.05, 4.69) is 24.3 Å². The lowest BCUT2D eigenvalue weighted by molar-refractivity contribution is -0.140. The van der Waals surface area contributed by atoms with Gasteiger partial charge in [0.2, 0.25) is 5.91 Å². The highest BCUT2D eigenvalue weighted by molar-refractivity contribution is 5.85. The first kappa shape index (κ1) is 22.6. The molecule has 0 N–H and O–H groups in total. The van der Waals surface area contributed by atoms with Gasteiger partial charge in [0.1, 0.15) is 17.9 Å². The Bertz CT molecular complexity index is 1150. The number of amides is 1. The SMILES string of the molecule is O=C([C@@H]1CCCN(c2ncnc3c2nc2n3CCCCC2)C1)N(Cc1ccco1)C1CCCCC1. The van der Waals surface area contributed by atoms with Gasteiger partial charge in [0.05, 0.1) is 18.7 Å². The molecule has 0 aromatic carbocycles. The van der Waals surface area contributed by atoms with Crippen LogP contribution in [0.15, 0.2) is 29.1 Å². The van der Waals surface area contributed by atoms with Gasteiger partial charge in [-0.05, 0) is 50.7 Å². The van der Waals surface area contributed by atoms with Crippen LogP contribution in [0.3, 0.4) is 0 Å². The molecule has 1 saturated heterocycles. The molecule has 2 fully saturated rings. The molecule has 3 aromatic heterocycles. The highest BCUT2D eigenvalue weighted by Crippen LogP contribution is 2.32. The average Bonchev–Trinajstić information content (AvgIpc) is 3.49. The van der Waals surface area contributed by atoms with E-state index in [0.29, 0.717) is 19.1 Å². The van der Waals surface area contributed by atoms with Crippen molar-refractivity contribution < 1.29 is 9.21 Å². The predicted molar refractivity (Wildman–Crippen MR) is 134 cm³/mol. The third-order valence-electron chi connectivity index (χ3n) is 8.15. The van der Waals surface area contributed by atoms with E-state index < -0.39 is 0 Å². The first-order valence-electron chi connectivity index (χ1n) is 13.6. The van der Waals surface area contributed by atoms with Gasteiger partial charge in [-0.25, -0.2) is 15.0 Å². The summed E-state index contributed by atoms with van der Waals surface area (Å²) < 4.78 is 7.93. The van der Waals surface area contributed by atoms with Gasteiger partial charge < -0.3 is 18.8 Å². The third kappa shape index (κ3) is 4.55. The number of carbonyl (C=O) groups is 1. The molecule has 5 heterocycles.